The van der Waals surface area contributed by atoms with Crippen molar-refractivity contribution in [1.29, 1.82) is 0 Å². The molecule has 33 heavy (non-hydrogen) atoms. The average Bonchev–Trinajstić information content (AvgIpc) is 2.82. The molecule has 0 saturated heterocycles. The Balaban J connectivity index is 1.66. The van der Waals surface area contributed by atoms with Gasteiger partial charge in [0.05, 0.1) is 11.1 Å². The van der Waals surface area contributed by atoms with Crippen LogP contribution in [-0.4, -0.2) is 14.6 Å². The van der Waals surface area contributed by atoms with Crippen molar-refractivity contribution in [3.8, 4) is 0 Å². The predicted molar refractivity (Wildman–Crippen MR) is 138 cm³/mol. The van der Waals surface area contributed by atoms with E-state index in [0.29, 0.717) is 0 Å². The summed E-state index contributed by atoms with van der Waals surface area (Å²) in [6.45, 7) is 6.22. The Labute approximate surface area is 193 Å². The van der Waals surface area contributed by atoms with E-state index in [2.05, 4.69) is 66.2 Å². The zero-order chi connectivity index (χ0) is 23.2. The zero-order valence-corrected chi connectivity index (χ0v) is 19.6. The highest BCUT2D eigenvalue weighted by Crippen LogP contribution is 2.37. The van der Waals surface area contributed by atoms with Gasteiger partial charge in [0.2, 0.25) is 0 Å². The molecule has 4 nitrogen and oxygen atoms in total. The molecule has 5 aromatic carbocycles. The molecule has 0 aromatic heterocycles. The summed E-state index contributed by atoms with van der Waals surface area (Å²) >= 11 is 0. The van der Waals surface area contributed by atoms with E-state index in [1.807, 2.05) is 19.1 Å². The summed E-state index contributed by atoms with van der Waals surface area (Å²) in [7, 11) is -3.73. The van der Waals surface area contributed by atoms with Crippen molar-refractivity contribution in [1.82, 2.24) is 4.83 Å². The second-order valence-corrected chi connectivity index (χ2v) is 10.1. The van der Waals surface area contributed by atoms with Crippen LogP contribution in [-0.2, 0) is 10.0 Å². The number of nitrogens with one attached hydrogen (secondary N) is 1. The van der Waals surface area contributed by atoms with Gasteiger partial charge in [-0.1, -0.05) is 66.2 Å². The summed E-state index contributed by atoms with van der Waals surface area (Å²) in [6, 6.07) is 25.4. The van der Waals surface area contributed by atoms with Gasteiger partial charge in [0.15, 0.2) is 0 Å². The van der Waals surface area contributed by atoms with Gasteiger partial charge >= 0.3 is 0 Å². The van der Waals surface area contributed by atoms with Crippen molar-refractivity contribution >= 4 is 48.6 Å². The number of nitrogens with zero attached hydrogens (tertiary/aromatic N) is 1. The van der Waals surface area contributed by atoms with Crippen molar-refractivity contribution in [2.75, 3.05) is 0 Å². The van der Waals surface area contributed by atoms with Gasteiger partial charge in [-0.25, -0.2) is 4.83 Å². The standard InChI is InChI=1S/C28H24N2O2S/c1-18-12-14-22(15-13-18)33(31,32)30-29-17-21-16-27-19(2)23-8-4-5-9-24(23)20(3)28(27)26-11-7-6-10-25(21)26/h4-17,30H,1-3H3/b29-17+. The molecule has 1 N–H and O–H groups in total. The van der Waals surface area contributed by atoms with E-state index < -0.39 is 10.0 Å². The van der Waals surface area contributed by atoms with Crippen LogP contribution in [0.1, 0.15) is 22.3 Å². The summed E-state index contributed by atoms with van der Waals surface area (Å²) in [4.78, 5) is 2.54. The lowest BCUT2D eigenvalue weighted by Crippen LogP contribution is -2.18. The molecule has 5 heteroatoms. The van der Waals surface area contributed by atoms with Gasteiger partial charge in [-0.3, -0.25) is 0 Å². The molecule has 0 fully saturated rings. The van der Waals surface area contributed by atoms with Gasteiger partial charge < -0.3 is 0 Å². The Bertz CT molecular complexity index is 1670. The first kappa shape index (κ1) is 21.2. The quantitative estimate of drug-likeness (QED) is 0.149. The van der Waals surface area contributed by atoms with Crippen LogP contribution in [0.3, 0.4) is 0 Å². The molecule has 0 aliphatic carbocycles. The van der Waals surface area contributed by atoms with Gasteiger partial charge in [-0.05, 0) is 82.4 Å². The summed E-state index contributed by atoms with van der Waals surface area (Å²) in [5, 5.41) is 11.1. The molecule has 0 spiro atoms. The molecule has 5 rings (SSSR count). The number of benzene rings is 5. The lowest BCUT2D eigenvalue weighted by atomic mass is 9.88. The third-order valence-electron chi connectivity index (χ3n) is 6.30. The lowest BCUT2D eigenvalue weighted by molar-refractivity contribution is 0.584. The molecule has 0 amide bonds. The molecule has 0 atom stereocenters. The minimum absolute atomic E-state index is 0.187. The van der Waals surface area contributed by atoms with E-state index in [1.54, 1.807) is 30.5 Å². The monoisotopic (exact) mass is 452 g/mol. The largest absolute Gasteiger partial charge is 0.276 e. The fourth-order valence-electron chi connectivity index (χ4n) is 4.56. The van der Waals surface area contributed by atoms with E-state index >= 15 is 0 Å². The highest BCUT2D eigenvalue weighted by molar-refractivity contribution is 7.89. The molecule has 0 unspecified atom stereocenters. The van der Waals surface area contributed by atoms with Crippen LogP contribution in [0.25, 0.3) is 32.3 Å². The molecular formula is C28H24N2O2S. The maximum atomic E-state index is 12.6. The number of fused-ring (bicyclic) bond motifs is 4. The molecule has 0 radical (unpaired) electrons. The number of hydrogen-bond acceptors (Lipinski definition) is 3. The van der Waals surface area contributed by atoms with Crippen LogP contribution in [0.15, 0.2) is 88.9 Å². The topological polar surface area (TPSA) is 58.5 Å². The Hall–Kier alpha value is -3.70. The number of sulfonamides is 1. The Morgan fingerprint density at radius 3 is 1.94 bits per heavy atom. The van der Waals surface area contributed by atoms with Crippen LogP contribution in [0, 0.1) is 20.8 Å². The minimum Gasteiger partial charge on any atom is -0.200 e. The normalized spacial score (nSPS) is 12.2. The SMILES string of the molecule is Cc1ccc(S(=O)(=O)N/N=C/c2cc3c(C)c4ccccc4c(C)c3c3ccccc23)cc1. The van der Waals surface area contributed by atoms with Crippen molar-refractivity contribution in [3.63, 3.8) is 0 Å². The van der Waals surface area contributed by atoms with E-state index in [-0.39, 0.29) is 4.90 Å². The lowest BCUT2D eigenvalue weighted by Gasteiger charge is -2.16. The minimum atomic E-state index is -3.73. The van der Waals surface area contributed by atoms with Gasteiger partial charge in [0, 0.05) is 5.56 Å². The van der Waals surface area contributed by atoms with Gasteiger partial charge in [0.1, 0.15) is 0 Å². The molecule has 5 aromatic rings. The Morgan fingerprint density at radius 2 is 1.27 bits per heavy atom. The van der Waals surface area contributed by atoms with Crippen LogP contribution < -0.4 is 4.83 Å². The molecule has 0 saturated carbocycles. The summed E-state index contributed by atoms with van der Waals surface area (Å²) in [5.74, 6) is 0. The Morgan fingerprint density at radius 1 is 0.697 bits per heavy atom. The molecule has 0 heterocycles. The van der Waals surface area contributed by atoms with Crippen molar-refractivity contribution in [2.45, 2.75) is 25.7 Å². The third kappa shape index (κ3) is 3.64. The van der Waals surface area contributed by atoms with Crippen LogP contribution >= 0.6 is 0 Å². The summed E-state index contributed by atoms with van der Waals surface area (Å²) in [6.07, 6.45) is 1.59. The Kier molecular flexibility index (Phi) is 5.14. The number of aryl methyl sites for hydroxylation is 3. The van der Waals surface area contributed by atoms with E-state index in [1.165, 1.54) is 27.3 Å². The van der Waals surface area contributed by atoms with Gasteiger partial charge in [-0.2, -0.15) is 13.5 Å². The molecule has 0 bridgehead atoms. The maximum Gasteiger partial charge on any atom is 0.276 e. The van der Waals surface area contributed by atoms with Crippen molar-refractivity contribution in [3.05, 3.63) is 101 Å². The van der Waals surface area contributed by atoms with E-state index in [0.717, 1.165) is 27.3 Å². The van der Waals surface area contributed by atoms with Crippen LogP contribution in [0.5, 0.6) is 0 Å². The van der Waals surface area contributed by atoms with Gasteiger partial charge in [0.25, 0.3) is 10.0 Å². The molecule has 164 valence electrons. The number of rotatable bonds is 4. The van der Waals surface area contributed by atoms with Crippen molar-refractivity contribution in [2.24, 2.45) is 5.10 Å². The van der Waals surface area contributed by atoms with Crippen LogP contribution in [0.2, 0.25) is 0 Å². The second-order valence-electron chi connectivity index (χ2n) is 8.40. The second kappa shape index (κ2) is 8.01. The maximum absolute atomic E-state index is 12.6. The van der Waals surface area contributed by atoms with Crippen LogP contribution in [0.4, 0.5) is 0 Å². The average molecular weight is 453 g/mol. The number of hydrogen-bond donors (Lipinski definition) is 1. The molecule has 0 aliphatic heterocycles. The predicted octanol–water partition coefficient (Wildman–Crippen LogP) is 6.38. The highest BCUT2D eigenvalue weighted by Gasteiger charge is 2.14. The fourth-order valence-corrected chi connectivity index (χ4v) is 5.35. The first-order valence-corrected chi connectivity index (χ1v) is 12.3. The highest BCUT2D eigenvalue weighted by atomic mass is 32.2. The third-order valence-corrected chi connectivity index (χ3v) is 7.54. The van der Waals surface area contributed by atoms with Crippen molar-refractivity contribution < 1.29 is 8.42 Å². The first-order valence-electron chi connectivity index (χ1n) is 10.8. The van der Waals surface area contributed by atoms with E-state index in [4.69, 9.17) is 0 Å². The van der Waals surface area contributed by atoms with Gasteiger partial charge in [-0.15, -0.1) is 0 Å². The first-order chi connectivity index (χ1) is 15.9. The fraction of sp³-hybridized carbons (Fsp3) is 0.107. The zero-order valence-electron chi connectivity index (χ0n) is 18.8. The summed E-state index contributed by atoms with van der Waals surface area (Å²) < 4.78 is 25.3. The summed E-state index contributed by atoms with van der Waals surface area (Å²) in [5.41, 5.74) is 4.30. The smallest absolute Gasteiger partial charge is 0.200 e. The molecule has 0 aliphatic rings. The van der Waals surface area contributed by atoms with E-state index in [9.17, 15) is 8.42 Å². The molecular weight excluding hydrogens is 428 g/mol. The number of hydrazone groups is 1.